The molecule has 6 rings (SSSR count). The summed E-state index contributed by atoms with van der Waals surface area (Å²) >= 11 is 0. The zero-order valence-corrected chi connectivity index (χ0v) is 17.9. The largest absolute Gasteiger partial charge is 0.339 e. The van der Waals surface area contributed by atoms with E-state index >= 15 is 0 Å². The lowest BCUT2D eigenvalue weighted by molar-refractivity contribution is 0.382. The fourth-order valence-corrected chi connectivity index (χ4v) is 4.23. The first-order chi connectivity index (χ1) is 15.7. The van der Waals surface area contributed by atoms with Gasteiger partial charge >= 0.3 is 0 Å². The molecule has 0 atom stereocenters. The Morgan fingerprint density at radius 3 is 2.72 bits per heavy atom. The van der Waals surface area contributed by atoms with Crippen molar-refractivity contribution in [3.05, 3.63) is 89.0 Å². The van der Waals surface area contributed by atoms with Crippen molar-refractivity contribution in [1.29, 1.82) is 0 Å². The SMILES string of the molecule is CCc1nc(-c2ncn3c2Cc2c(Cc4ccccc4)nnn2-c2cc(C)ccc2-3)no1. The van der Waals surface area contributed by atoms with Crippen molar-refractivity contribution >= 4 is 0 Å². The van der Waals surface area contributed by atoms with Crippen LogP contribution in [0.5, 0.6) is 0 Å². The summed E-state index contributed by atoms with van der Waals surface area (Å²) in [5, 5.41) is 13.3. The molecule has 0 unspecified atom stereocenters. The van der Waals surface area contributed by atoms with Gasteiger partial charge in [0.2, 0.25) is 11.7 Å². The second-order valence-corrected chi connectivity index (χ2v) is 8.00. The van der Waals surface area contributed by atoms with E-state index in [1.54, 1.807) is 0 Å². The van der Waals surface area contributed by atoms with Gasteiger partial charge in [-0.15, -0.1) is 5.10 Å². The highest BCUT2D eigenvalue weighted by molar-refractivity contribution is 5.62. The first-order valence-electron chi connectivity index (χ1n) is 10.7. The van der Waals surface area contributed by atoms with Crippen molar-refractivity contribution in [1.82, 2.24) is 34.7 Å². The summed E-state index contributed by atoms with van der Waals surface area (Å²) in [6.07, 6.45) is 3.83. The summed E-state index contributed by atoms with van der Waals surface area (Å²) < 4.78 is 9.43. The van der Waals surface area contributed by atoms with Crippen LogP contribution in [0.1, 0.15) is 41.0 Å². The second-order valence-electron chi connectivity index (χ2n) is 8.00. The predicted molar refractivity (Wildman–Crippen MR) is 118 cm³/mol. The van der Waals surface area contributed by atoms with Gasteiger partial charge < -0.3 is 4.52 Å². The fourth-order valence-electron chi connectivity index (χ4n) is 4.23. The van der Waals surface area contributed by atoms with Crippen LogP contribution in [0.3, 0.4) is 0 Å². The predicted octanol–water partition coefficient (Wildman–Crippen LogP) is 3.87. The minimum absolute atomic E-state index is 0.509. The third-order valence-electron chi connectivity index (χ3n) is 5.86. The third kappa shape index (κ3) is 2.95. The molecule has 5 aromatic rings. The first-order valence-corrected chi connectivity index (χ1v) is 10.7. The van der Waals surface area contributed by atoms with E-state index in [1.807, 2.05) is 36.1 Å². The van der Waals surface area contributed by atoms with Crippen LogP contribution in [-0.4, -0.2) is 34.7 Å². The molecule has 0 bridgehead atoms. The molecule has 3 aromatic heterocycles. The van der Waals surface area contributed by atoms with E-state index in [2.05, 4.69) is 67.3 Å². The maximum Gasteiger partial charge on any atom is 0.226 e. The van der Waals surface area contributed by atoms with Crippen molar-refractivity contribution in [3.8, 4) is 22.9 Å². The lowest BCUT2D eigenvalue weighted by Crippen LogP contribution is -2.04. The van der Waals surface area contributed by atoms with Crippen molar-refractivity contribution in [2.75, 3.05) is 0 Å². The Bertz CT molecular complexity index is 1430. The van der Waals surface area contributed by atoms with Crippen LogP contribution in [0.25, 0.3) is 22.9 Å². The van der Waals surface area contributed by atoms with Gasteiger partial charge in [0.15, 0.2) is 0 Å². The van der Waals surface area contributed by atoms with Crippen molar-refractivity contribution in [2.45, 2.75) is 33.1 Å². The van der Waals surface area contributed by atoms with Crippen molar-refractivity contribution in [2.24, 2.45) is 0 Å². The van der Waals surface area contributed by atoms with Crippen LogP contribution in [0.2, 0.25) is 0 Å². The average Bonchev–Trinajstić information content (AvgIpc) is 3.52. The van der Waals surface area contributed by atoms with Gasteiger partial charge in [-0.3, -0.25) is 4.57 Å². The number of nitrogens with zero attached hydrogens (tertiary/aromatic N) is 7. The molecular formula is C24H21N7O. The zero-order chi connectivity index (χ0) is 21.7. The molecule has 0 radical (unpaired) electrons. The summed E-state index contributed by atoms with van der Waals surface area (Å²) in [6.45, 7) is 4.07. The van der Waals surface area contributed by atoms with Gasteiger partial charge in [-0.25, -0.2) is 9.67 Å². The van der Waals surface area contributed by atoms with Crippen LogP contribution in [0.4, 0.5) is 0 Å². The standard InChI is InChI=1S/C24H21N7O/c1-3-22-26-24(28-32-22)23-21-13-19-17(12-16-7-5-4-6-8-16)27-29-31(19)20-11-15(2)9-10-18(20)30(21)14-25-23/h4-11,14H,3,12-13H2,1-2H3. The Labute approximate surface area is 184 Å². The fraction of sp³-hybridized carbons (Fsp3) is 0.208. The van der Waals surface area contributed by atoms with E-state index < -0.39 is 0 Å². The lowest BCUT2D eigenvalue weighted by atomic mass is 10.1. The number of aromatic nitrogens is 7. The highest BCUT2D eigenvalue weighted by Crippen LogP contribution is 2.33. The summed E-state index contributed by atoms with van der Waals surface area (Å²) in [6, 6.07) is 16.7. The number of aryl methyl sites for hydroxylation is 2. The van der Waals surface area contributed by atoms with Crippen LogP contribution < -0.4 is 0 Å². The van der Waals surface area contributed by atoms with Gasteiger partial charge in [0, 0.05) is 19.3 Å². The van der Waals surface area contributed by atoms with Gasteiger partial charge in [0.25, 0.3) is 0 Å². The third-order valence-corrected chi connectivity index (χ3v) is 5.86. The molecule has 1 aliphatic rings. The van der Waals surface area contributed by atoms with Gasteiger partial charge in [-0.05, 0) is 30.2 Å². The van der Waals surface area contributed by atoms with E-state index in [0.29, 0.717) is 31.0 Å². The highest BCUT2D eigenvalue weighted by atomic mass is 16.5. The Morgan fingerprint density at radius 1 is 1.03 bits per heavy atom. The summed E-state index contributed by atoms with van der Waals surface area (Å²) in [4.78, 5) is 9.20. The van der Waals surface area contributed by atoms with E-state index in [0.717, 1.165) is 39.7 Å². The van der Waals surface area contributed by atoms with Crippen LogP contribution in [0.15, 0.2) is 59.4 Å². The molecule has 158 valence electrons. The van der Waals surface area contributed by atoms with E-state index in [4.69, 9.17) is 4.52 Å². The molecule has 0 spiro atoms. The Balaban J connectivity index is 1.55. The molecule has 4 heterocycles. The molecule has 0 fully saturated rings. The number of rotatable bonds is 4. The quantitative estimate of drug-likeness (QED) is 0.428. The highest BCUT2D eigenvalue weighted by Gasteiger charge is 2.28. The number of hydrogen-bond acceptors (Lipinski definition) is 6. The lowest BCUT2D eigenvalue weighted by Gasteiger charge is -2.10. The molecule has 0 N–H and O–H groups in total. The molecule has 32 heavy (non-hydrogen) atoms. The second kappa shape index (κ2) is 7.26. The minimum atomic E-state index is 0.509. The molecule has 0 saturated carbocycles. The number of hydrogen-bond donors (Lipinski definition) is 0. The smallest absolute Gasteiger partial charge is 0.226 e. The summed E-state index contributed by atoms with van der Waals surface area (Å²) in [7, 11) is 0. The van der Waals surface area contributed by atoms with Crippen LogP contribution in [-0.2, 0) is 19.3 Å². The molecule has 8 heteroatoms. The molecular weight excluding hydrogens is 402 g/mol. The molecule has 0 aliphatic carbocycles. The average molecular weight is 423 g/mol. The van der Waals surface area contributed by atoms with E-state index in [9.17, 15) is 0 Å². The molecule has 0 saturated heterocycles. The Kier molecular flexibility index (Phi) is 4.24. The molecule has 0 amide bonds. The van der Waals surface area contributed by atoms with Gasteiger partial charge in [0.1, 0.15) is 12.0 Å². The number of imidazole rings is 1. The maximum absolute atomic E-state index is 5.36. The van der Waals surface area contributed by atoms with Crippen LogP contribution in [0, 0.1) is 6.92 Å². The van der Waals surface area contributed by atoms with E-state index in [-0.39, 0.29) is 0 Å². The van der Waals surface area contributed by atoms with Crippen molar-refractivity contribution < 1.29 is 4.52 Å². The van der Waals surface area contributed by atoms with Gasteiger partial charge in [-0.2, -0.15) is 4.98 Å². The van der Waals surface area contributed by atoms with Crippen LogP contribution >= 0.6 is 0 Å². The Morgan fingerprint density at radius 2 is 1.91 bits per heavy atom. The monoisotopic (exact) mass is 423 g/mol. The number of benzene rings is 2. The minimum Gasteiger partial charge on any atom is -0.339 e. The number of fused-ring (bicyclic) bond motifs is 5. The summed E-state index contributed by atoms with van der Waals surface area (Å²) in [5.74, 6) is 1.11. The van der Waals surface area contributed by atoms with Crippen molar-refractivity contribution in [3.63, 3.8) is 0 Å². The Hall–Kier alpha value is -4.07. The maximum atomic E-state index is 5.36. The normalized spacial score (nSPS) is 12.2. The zero-order valence-electron chi connectivity index (χ0n) is 17.9. The van der Waals surface area contributed by atoms with Gasteiger partial charge in [-0.1, -0.05) is 53.7 Å². The van der Waals surface area contributed by atoms with Gasteiger partial charge in [0.05, 0.1) is 28.5 Å². The van der Waals surface area contributed by atoms with E-state index in [1.165, 1.54) is 5.56 Å². The topological polar surface area (TPSA) is 87.5 Å². The molecule has 1 aliphatic heterocycles. The first kappa shape index (κ1) is 18.7. The molecule has 8 nitrogen and oxygen atoms in total. The molecule has 2 aromatic carbocycles. The summed E-state index contributed by atoms with van der Waals surface area (Å²) in [5.41, 5.74) is 8.05.